The highest BCUT2D eigenvalue weighted by atomic mass is 32.1. The van der Waals surface area contributed by atoms with Crippen molar-refractivity contribution in [3.63, 3.8) is 0 Å². The number of thiazole rings is 1. The van der Waals surface area contributed by atoms with Crippen molar-refractivity contribution >= 4 is 17.2 Å². The van der Waals surface area contributed by atoms with Gasteiger partial charge in [0.25, 0.3) is 0 Å². The van der Waals surface area contributed by atoms with Crippen LogP contribution in [0.1, 0.15) is 34.9 Å². The maximum Gasteiger partial charge on any atom is 0.231 e. The van der Waals surface area contributed by atoms with E-state index in [2.05, 4.69) is 69.4 Å². The highest BCUT2D eigenvalue weighted by Gasteiger charge is 2.55. The van der Waals surface area contributed by atoms with E-state index >= 15 is 0 Å². The van der Waals surface area contributed by atoms with E-state index in [0.29, 0.717) is 12.5 Å². The third-order valence-electron chi connectivity index (χ3n) is 6.90. The van der Waals surface area contributed by atoms with Crippen molar-refractivity contribution in [2.45, 2.75) is 31.7 Å². The van der Waals surface area contributed by atoms with E-state index in [-0.39, 0.29) is 11.3 Å². The predicted molar refractivity (Wildman–Crippen MR) is 125 cm³/mol. The standard InChI is InChI=1S/C26H29N3OS/c30-25-26(13-7-15-29(25)18-22-10-5-2-6-11-22)20-28(16-12-21-8-3-1-4-9-21)19-23(26)24-27-14-17-31-24/h1-6,8-11,14,17,23H,7,12-13,15-16,18-20H2/t23-,26+/m0/s1. The van der Waals surface area contributed by atoms with Crippen LogP contribution >= 0.6 is 11.3 Å². The quantitative estimate of drug-likeness (QED) is 0.573. The fourth-order valence-electron chi connectivity index (χ4n) is 5.36. The number of amides is 1. The molecule has 0 saturated carbocycles. The largest absolute Gasteiger partial charge is 0.338 e. The first-order valence-corrected chi connectivity index (χ1v) is 12.1. The second-order valence-electron chi connectivity index (χ2n) is 8.87. The molecule has 5 rings (SSSR count). The first kappa shape index (κ1) is 20.4. The van der Waals surface area contributed by atoms with Crippen molar-refractivity contribution in [3.8, 4) is 0 Å². The molecule has 2 aromatic carbocycles. The first-order chi connectivity index (χ1) is 15.2. The summed E-state index contributed by atoms with van der Waals surface area (Å²) < 4.78 is 0. The zero-order valence-corrected chi connectivity index (χ0v) is 18.6. The Labute approximate surface area is 188 Å². The van der Waals surface area contributed by atoms with Gasteiger partial charge in [0.2, 0.25) is 5.91 Å². The van der Waals surface area contributed by atoms with Gasteiger partial charge in [-0.05, 0) is 30.4 Å². The molecule has 2 atom stereocenters. The highest BCUT2D eigenvalue weighted by molar-refractivity contribution is 7.09. The Morgan fingerprint density at radius 3 is 2.48 bits per heavy atom. The summed E-state index contributed by atoms with van der Waals surface area (Å²) in [5.41, 5.74) is 2.22. The SMILES string of the molecule is O=C1N(Cc2ccccc2)CCC[C@]12CN(CCc1ccccc1)C[C@H]2c1nccs1. The Kier molecular flexibility index (Phi) is 5.88. The van der Waals surface area contributed by atoms with Gasteiger partial charge in [0, 0.05) is 50.2 Å². The van der Waals surface area contributed by atoms with E-state index < -0.39 is 0 Å². The lowest BCUT2D eigenvalue weighted by Crippen LogP contribution is -2.51. The Balaban J connectivity index is 1.38. The first-order valence-electron chi connectivity index (χ1n) is 11.2. The molecule has 31 heavy (non-hydrogen) atoms. The molecule has 2 saturated heterocycles. The Hall–Kier alpha value is -2.50. The highest BCUT2D eigenvalue weighted by Crippen LogP contribution is 2.50. The number of likely N-dealkylation sites (tertiary alicyclic amines) is 2. The average molecular weight is 432 g/mol. The lowest BCUT2D eigenvalue weighted by molar-refractivity contribution is -0.147. The molecule has 1 amide bonds. The van der Waals surface area contributed by atoms with Crippen LogP contribution < -0.4 is 0 Å². The van der Waals surface area contributed by atoms with Crippen molar-refractivity contribution in [1.29, 1.82) is 0 Å². The predicted octanol–water partition coefficient (Wildman–Crippen LogP) is 4.59. The maximum absolute atomic E-state index is 14.0. The number of hydrogen-bond donors (Lipinski definition) is 0. The average Bonchev–Trinajstić information content (AvgIpc) is 3.46. The van der Waals surface area contributed by atoms with Crippen LogP contribution in [-0.4, -0.2) is 46.9 Å². The molecule has 0 radical (unpaired) electrons. The minimum absolute atomic E-state index is 0.189. The van der Waals surface area contributed by atoms with Crippen molar-refractivity contribution in [2.24, 2.45) is 5.41 Å². The van der Waals surface area contributed by atoms with Crippen LogP contribution in [0.5, 0.6) is 0 Å². The van der Waals surface area contributed by atoms with Crippen LogP contribution in [0.25, 0.3) is 0 Å². The normalized spacial score (nSPS) is 24.2. The van der Waals surface area contributed by atoms with Crippen molar-refractivity contribution in [3.05, 3.63) is 88.4 Å². The van der Waals surface area contributed by atoms with Crippen LogP contribution in [0, 0.1) is 5.41 Å². The van der Waals surface area contributed by atoms with Crippen LogP contribution in [0.15, 0.2) is 72.2 Å². The van der Waals surface area contributed by atoms with E-state index in [9.17, 15) is 4.79 Å². The van der Waals surface area contributed by atoms with Gasteiger partial charge in [0.1, 0.15) is 0 Å². The zero-order valence-electron chi connectivity index (χ0n) is 17.8. The molecule has 3 aromatic rings. The van der Waals surface area contributed by atoms with Crippen molar-refractivity contribution in [2.75, 3.05) is 26.2 Å². The fraction of sp³-hybridized carbons (Fsp3) is 0.385. The topological polar surface area (TPSA) is 36.4 Å². The smallest absolute Gasteiger partial charge is 0.231 e. The van der Waals surface area contributed by atoms with Gasteiger partial charge in [-0.3, -0.25) is 4.79 Å². The fourth-order valence-corrected chi connectivity index (χ4v) is 6.21. The summed E-state index contributed by atoms with van der Waals surface area (Å²) in [4.78, 5) is 23.2. The third kappa shape index (κ3) is 4.17. The summed E-state index contributed by atoms with van der Waals surface area (Å²) in [5, 5.41) is 3.17. The molecule has 0 N–H and O–H groups in total. The van der Waals surface area contributed by atoms with E-state index in [1.165, 1.54) is 11.1 Å². The van der Waals surface area contributed by atoms with Crippen molar-refractivity contribution in [1.82, 2.24) is 14.8 Å². The minimum atomic E-state index is -0.346. The summed E-state index contributed by atoms with van der Waals surface area (Å²) >= 11 is 1.70. The molecule has 2 aliphatic heterocycles. The molecule has 1 aromatic heterocycles. The van der Waals surface area contributed by atoms with Crippen LogP contribution in [0.2, 0.25) is 0 Å². The summed E-state index contributed by atoms with van der Waals surface area (Å²) in [7, 11) is 0. The Morgan fingerprint density at radius 1 is 1.03 bits per heavy atom. The number of carbonyl (C=O) groups is 1. The summed E-state index contributed by atoms with van der Waals surface area (Å²) in [6.07, 6.45) is 4.93. The number of piperidine rings is 1. The molecule has 0 aliphatic carbocycles. The third-order valence-corrected chi connectivity index (χ3v) is 7.79. The number of benzene rings is 2. The molecule has 4 nitrogen and oxygen atoms in total. The van der Waals surface area contributed by atoms with Gasteiger partial charge in [-0.1, -0.05) is 60.7 Å². The number of aromatic nitrogens is 1. The van der Waals surface area contributed by atoms with E-state index in [0.717, 1.165) is 50.4 Å². The van der Waals surface area contributed by atoms with Gasteiger partial charge in [0.15, 0.2) is 0 Å². The summed E-state index contributed by atoms with van der Waals surface area (Å²) in [6, 6.07) is 21.0. The van der Waals surface area contributed by atoms with Gasteiger partial charge in [-0.2, -0.15) is 0 Å². The molecule has 2 aliphatic rings. The van der Waals surface area contributed by atoms with E-state index in [4.69, 9.17) is 0 Å². The summed E-state index contributed by atoms with van der Waals surface area (Å²) in [5.74, 6) is 0.513. The number of nitrogens with zero attached hydrogens (tertiary/aromatic N) is 3. The molecule has 2 fully saturated rings. The number of carbonyl (C=O) groups excluding carboxylic acids is 1. The number of rotatable bonds is 6. The molecule has 1 spiro atoms. The van der Waals surface area contributed by atoms with Gasteiger partial charge in [-0.25, -0.2) is 4.98 Å². The van der Waals surface area contributed by atoms with Crippen LogP contribution in [0.3, 0.4) is 0 Å². The number of hydrogen-bond acceptors (Lipinski definition) is 4. The molecular weight excluding hydrogens is 402 g/mol. The lowest BCUT2D eigenvalue weighted by atomic mass is 9.71. The van der Waals surface area contributed by atoms with E-state index in [1.54, 1.807) is 11.3 Å². The monoisotopic (exact) mass is 431 g/mol. The van der Waals surface area contributed by atoms with E-state index in [1.807, 2.05) is 17.6 Å². The molecule has 0 bridgehead atoms. The van der Waals surface area contributed by atoms with Gasteiger partial charge < -0.3 is 9.80 Å². The van der Waals surface area contributed by atoms with Gasteiger partial charge in [-0.15, -0.1) is 11.3 Å². The lowest BCUT2D eigenvalue weighted by Gasteiger charge is -2.42. The minimum Gasteiger partial charge on any atom is -0.338 e. The second kappa shape index (κ2) is 8.93. The molecular formula is C26H29N3OS. The second-order valence-corrected chi connectivity index (χ2v) is 9.79. The van der Waals surface area contributed by atoms with Crippen molar-refractivity contribution < 1.29 is 4.79 Å². The Bertz CT molecular complexity index is 992. The van der Waals surface area contributed by atoms with Gasteiger partial charge >= 0.3 is 0 Å². The maximum atomic E-state index is 14.0. The van der Waals surface area contributed by atoms with Crippen LogP contribution in [0.4, 0.5) is 0 Å². The zero-order chi connectivity index (χ0) is 21.1. The van der Waals surface area contributed by atoms with Gasteiger partial charge in [0.05, 0.1) is 10.4 Å². The summed E-state index contributed by atoms with van der Waals surface area (Å²) in [6.45, 7) is 4.30. The molecule has 160 valence electrons. The molecule has 3 heterocycles. The molecule has 0 unspecified atom stereocenters. The molecule has 5 heteroatoms. The van der Waals surface area contributed by atoms with Crippen LogP contribution in [-0.2, 0) is 17.8 Å². The Morgan fingerprint density at radius 2 is 1.77 bits per heavy atom.